The molecule has 0 saturated carbocycles. The Morgan fingerprint density at radius 3 is 2.83 bits per heavy atom. The third-order valence-electron chi connectivity index (χ3n) is 2.49. The highest BCUT2D eigenvalue weighted by atomic mass is 19.1. The zero-order chi connectivity index (χ0) is 12.7. The van der Waals surface area contributed by atoms with Crippen molar-refractivity contribution in [3.63, 3.8) is 0 Å². The van der Waals surface area contributed by atoms with Crippen molar-refractivity contribution < 1.29 is 9.50 Å². The number of aromatic nitrogens is 5. The second-order valence-electron chi connectivity index (χ2n) is 3.80. The number of aryl methyl sites for hydroxylation is 1. The van der Waals surface area contributed by atoms with Crippen molar-refractivity contribution in [2.45, 2.75) is 6.92 Å². The van der Waals surface area contributed by atoms with E-state index in [-0.39, 0.29) is 11.8 Å². The lowest BCUT2D eigenvalue weighted by Crippen LogP contribution is -1.99. The minimum Gasteiger partial charge on any atom is -0.479 e. The molecule has 6 nitrogen and oxygen atoms in total. The highest BCUT2D eigenvalue weighted by Gasteiger charge is 2.11. The number of fused-ring (bicyclic) bond motifs is 1. The van der Waals surface area contributed by atoms with Crippen LogP contribution in [-0.4, -0.2) is 29.7 Å². The fourth-order valence-corrected chi connectivity index (χ4v) is 1.64. The summed E-state index contributed by atoms with van der Waals surface area (Å²) in [7, 11) is 0. The van der Waals surface area contributed by atoms with E-state index in [4.69, 9.17) is 0 Å². The quantitative estimate of drug-likeness (QED) is 0.700. The highest BCUT2D eigenvalue weighted by molar-refractivity contribution is 5.58. The predicted octanol–water partition coefficient (Wildman–Crippen LogP) is 1.34. The van der Waals surface area contributed by atoms with Crippen molar-refractivity contribution in [3.05, 3.63) is 36.0 Å². The van der Waals surface area contributed by atoms with Crippen LogP contribution in [0, 0.1) is 12.7 Å². The Hall–Kier alpha value is -2.57. The van der Waals surface area contributed by atoms with E-state index < -0.39 is 5.82 Å². The third-order valence-corrected chi connectivity index (χ3v) is 2.49. The highest BCUT2D eigenvalue weighted by Crippen LogP contribution is 2.20. The molecule has 0 spiro atoms. The zero-order valence-corrected chi connectivity index (χ0v) is 9.37. The Morgan fingerprint density at radius 1 is 1.22 bits per heavy atom. The van der Waals surface area contributed by atoms with Gasteiger partial charge in [-0.05, 0) is 13.0 Å². The van der Waals surface area contributed by atoms with Crippen molar-refractivity contribution in [2.75, 3.05) is 0 Å². The number of aromatic hydroxyl groups is 1. The van der Waals surface area contributed by atoms with Crippen molar-refractivity contribution in [1.29, 1.82) is 0 Å². The fraction of sp³-hybridized carbons (Fsp3) is 0.0909. The van der Waals surface area contributed by atoms with E-state index in [0.717, 1.165) is 11.8 Å². The number of hydrogen-bond donors (Lipinski definition) is 1. The minimum atomic E-state index is -0.485. The van der Waals surface area contributed by atoms with Crippen LogP contribution >= 0.6 is 0 Å². The van der Waals surface area contributed by atoms with Crippen LogP contribution < -0.4 is 0 Å². The molecule has 3 aromatic heterocycles. The van der Waals surface area contributed by atoms with Gasteiger partial charge in [-0.25, -0.2) is 9.37 Å². The topological polar surface area (TPSA) is 76.2 Å². The molecule has 18 heavy (non-hydrogen) atoms. The van der Waals surface area contributed by atoms with Crippen LogP contribution in [0.4, 0.5) is 4.39 Å². The number of hydrogen-bond acceptors (Lipinski definition) is 5. The fourth-order valence-electron chi connectivity index (χ4n) is 1.64. The molecule has 0 aromatic carbocycles. The number of pyridine rings is 1. The second kappa shape index (κ2) is 3.73. The van der Waals surface area contributed by atoms with Crippen LogP contribution in [0.15, 0.2) is 24.7 Å². The lowest BCUT2D eigenvalue weighted by Gasteiger charge is -2.02. The van der Waals surface area contributed by atoms with E-state index in [0.29, 0.717) is 11.2 Å². The molecule has 0 unspecified atom stereocenters. The standard InChI is InChI=1S/C11H8FN5O/c1-6-3-14-17-10(6)15-9(16-11(17)18)7-2-8(12)5-13-4-7/h2-5H,1H3,(H,15,16,18). The Kier molecular flexibility index (Phi) is 2.19. The Labute approximate surface area is 101 Å². The lowest BCUT2D eigenvalue weighted by molar-refractivity contribution is 0.412. The molecule has 0 aliphatic heterocycles. The molecule has 0 aliphatic carbocycles. The first-order chi connectivity index (χ1) is 8.65. The average Bonchev–Trinajstić information content (AvgIpc) is 2.72. The summed E-state index contributed by atoms with van der Waals surface area (Å²) in [6.07, 6.45) is 4.09. The maximum absolute atomic E-state index is 13.1. The molecular weight excluding hydrogens is 237 g/mol. The van der Waals surface area contributed by atoms with E-state index in [1.807, 2.05) is 6.92 Å². The molecule has 3 rings (SSSR count). The summed E-state index contributed by atoms with van der Waals surface area (Å²) in [5, 5.41) is 13.7. The summed E-state index contributed by atoms with van der Waals surface area (Å²) >= 11 is 0. The second-order valence-corrected chi connectivity index (χ2v) is 3.80. The normalized spacial score (nSPS) is 11.0. The molecule has 0 fully saturated rings. The maximum atomic E-state index is 13.1. The van der Waals surface area contributed by atoms with Gasteiger partial charge in [-0.15, -0.1) is 0 Å². The first kappa shape index (κ1) is 10.6. The van der Waals surface area contributed by atoms with E-state index in [1.54, 1.807) is 6.20 Å². The van der Waals surface area contributed by atoms with Crippen LogP contribution in [0.1, 0.15) is 5.56 Å². The maximum Gasteiger partial charge on any atom is 0.319 e. The van der Waals surface area contributed by atoms with Gasteiger partial charge >= 0.3 is 6.01 Å². The molecule has 1 N–H and O–H groups in total. The molecular formula is C11H8FN5O. The first-order valence-corrected chi connectivity index (χ1v) is 5.17. The van der Waals surface area contributed by atoms with Crippen LogP contribution in [0.25, 0.3) is 17.0 Å². The molecule has 0 atom stereocenters. The molecule has 90 valence electrons. The van der Waals surface area contributed by atoms with Gasteiger partial charge in [-0.3, -0.25) is 4.98 Å². The van der Waals surface area contributed by atoms with Crippen LogP contribution in [0.2, 0.25) is 0 Å². The monoisotopic (exact) mass is 245 g/mol. The number of halogens is 1. The van der Waals surface area contributed by atoms with Crippen molar-refractivity contribution in [1.82, 2.24) is 24.6 Å². The third kappa shape index (κ3) is 1.56. The first-order valence-electron chi connectivity index (χ1n) is 5.17. The van der Waals surface area contributed by atoms with Crippen molar-refractivity contribution >= 4 is 5.65 Å². The van der Waals surface area contributed by atoms with Gasteiger partial charge < -0.3 is 5.11 Å². The molecule has 0 amide bonds. The van der Waals surface area contributed by atoms with Gasteiger partial charge in [-0.1, -0.05) is 0 Å². The molecule has 3 heterocycles. The van der Waals surface area contributed by atoms with Gasteiger partial charge in [0.25, 0.3) is 0 Å². The van der Waals surface area contributed by atoms with Gasteiger partial charge in [0.2, 0.25) is 0 Å². The molecule has 0 radical (unpaired) electrons. The van der Waals surface area contributed by atoms with Crippen molar-refractivity contribution in [3.8, 4) is 17.4 Å². The van der Waals surface area contributed by atoms with Gasteiger partial charge in [-0.2, -0.15) is 14.6 Å². The predicted molar refractivity (Wildman–Crippen MR) is 60.4 cm³/mol. The van der Waals surface area contributed by atoms with Gasteiger partial charge in [0.1, 0.15) is 5.82 Å². The van der Waals surface area contributed by atoms with Gasteiger partial charge in [0.15, 0.2) is 11.5 Å². The van der Waals surface area contributed by atoms with E-state index >= 15 is 0 Å². The molecule has 7 heteroatoms. The largest absolute Gasteiger partial charge is 0.479 e. The van der Waals surface area contributed by atoms with Gasteiger partial charge in [0.05, 0.1) is 12.4 Å². The van der Waals surface area contributed by atoms with Gasteiger partial charge in [0, 0.05) is 17.3 Å². The van der Waals surface area contributed by atoms with E-state index in [2.05, 4.69) is 20.1 Å². The van der Waals surface area contributed by atoms with Crippen LogP contribution in [-0.2, 0) is 0 Å². The van der Waals surface area contributed by atoms with Crippen LogP contribution in [0.5, 0.6) is 6.01 Å². The Bertz CT molecular complexity index is 739. The summed E-state index contributed by atoms with van der Waals surface area (Å²) in [4.78, 5) is 11.8. The van der Waals surface area contributed by atoms with Crippen LogP contribution in [0.3, 0.4) is 0 Å². The average molecular weight is 245 g/mol. The molecule has 3 aromatic rings. The van der Waals surface area contributed by atoms with Crippen molar-refractivity contribution in [2.24, 2.45) is 0 Å². The summed E-state index contributed by atoms with van der Waals surface area (Å²) in [5.41, 5.74) is 1.66. The molecule has 0 aliphatic rings. The van der Waals surface area contributed by atoms with E-state index in [9.17, 15) is 9.50 Å². The Balaban J connectivity index is 2.27. The van der Waals surface area contributed by atoms with E-state index in [1.165, 1.54) is 16.8 Å². The number of nitrogens with zero attached hydrogens (tertiary/aromatic N) is 5. The summed E-state index contributed by atoms with van der Waals surface area (Å²) in [6, 6.07) is 0.955. The minimum absolute atomic E-state index is 0.204. The summed E-state index contributed by atoms with van der Waals surface area (Å²) in [6.45, 7) is 1.81. The lowest BCUT2D eigenvalue weighted by atomic mass is 10.2. The Morgan fingerprint density at radius 2 is 2.06 bits per heavy atom. The zero-order valence-electron chi connectivity index (χ0n) is 9.37. The number of rotatable bonds is 1. The smallest absolute Gasteiger partial charge is 0.319 e. The molecule has 0 saturated heterocycles. The summed E-state index contributed by atoms with van der Waals surface area (Å²) < 4.78 is 14.3. The SMILES string of the molecule is Cc1cnn2c(O)nc(-c3cncc(F)c3)nc12. The summed E-state index contributed by atoms with van der Waals surface area (Å²) in [5.74, 6) is -0.281. The molecule has 0 bridgehead atoms.